The lowest BCUT2D eigenvalue weighted by Gasteiger charge is -2.14. The number of benzene rings is 2. The van der Waals surface area contributed by atoms with Crippen LogP contribution in [0.1, 0.15) is 31.0 Å². The van der Waals surface area contributed by atoms with Crippen LogP contribution in [0.4, 0.5) is 5.69 Å². The van der Waals surface area contributed by atoms with E-state index in [1.165, 1.54) is 0 Å². The van der Waals surface area contributed by atoms with Crippen LogP contribution < -0.4 is 10.1 Å². The smallest absolute Gasteiger partial charge is 0.217 e. The van der Waals surface area contributed by atoms with Gasteiger partial charge in [-0.2, -0.15) is 0 Å². The molecule has 28 heavy (non-hydrogen) atoms. The minimum absolute atomic E-state index is 0.0743. The third-order valence-electron chi connectivity index (χ3n) is 4.72. The minimum atomic E-state index is -0.0743. The molecule has 6 heteroatoms. The summed E-state index contributed by atoms with van der Waals surface area (Å²) in [5, 5.41) is 4.12. The summed E-state index contributed by atoms with van der Waals surface area (Å²) in [5.74, 6) is 2.26. The Bertz CT molecular complexity index is 916. The van der Waals surface area contributed by atoms with Crippen LogP contribution in [0.15, 0.2) is 52.9 Å². The topological polar surface area (TPSA) is 56.5 Å². The summed E-state index contributed by atoms with van der Waals surface area (Å²) < 4.78 is 17.3. The lowest BCUT2D eigenvalue weighted by atomic mass is 10.1. The number of ether oxygens (including phenoxy) is 2. The quantitative estimate of drug-likeness (QED) is 0.581. The highest BCUT2D eigenvalue weighted by atomic mass is 35.5. The zero-order valence-corrected chi connectivity index (χ0v) is 16.7. The maximum atomic E-state index is 6.03. The Kier molecular flexibility index (Phi) is 5.55. The van der Waals surface area contributed by atoms with E-state index in [0.29, 0.717) is 17.5 Å². The molecule has 3 aromatic rings. The second-order valence-corrected chi connectivity index (χ2v) is 7.40. The summed E-state index contributed by atoms with van der Waals surface area (Å²) in [7, 11) is 0. The molecule has 2 atom stereocenters. The van der Waals surface area contributed by atoms with Crippen LogP contribution in [0.2, 0.25) is 5.02 Å². The lowest BCUT2D eigenvalue weighted by Crippen LogP contribution is -2.15. The Labute approximate surface area is 169 Å². The highest BCUT2D eigenvalue weighted by Gasteiger charge is 2.18. The number of oxazole rings is 1. The molecule has 2 aromatic carbocycles. The molecule has 0 bridgehead atoms. The number of rotatable bonds is 6. The molecular formula is C22H23ClN2O3. The van der Waals surface area contributed by atoms with Gasteiger partial charge >= 0.3 is 0 Å². The van der Waals surface area contributed by atoms with E-state index in [2.05, 4.69) is 10.3 Å². The highest BCUT2D eigenvalue weighted by molar-refractivity contribution is 6.30. The van der Waals surface area contributed by atoms with Crippen molar-refractivity contribution in [2.45, 2.75) is 32.4 Å². The van der Waals surface area contributed by atoms with E-state index in [4.69, 9.17) is 25.5 Å². The Morgan fingerprint density at radius 1 is 1.14 bits per heavy atom. The van der Waals surface area contributed by atoms with Gasteiger partial charge in [0.25, 0.3) is 0 Å². The molecule has 1 aliphatic rings. The summed E-state index contributed by atoms with van der Waals surface area (Å²) in [6.45, 7) is 5.41. The number of aromatic nitrogens is 1. The van der Waals surface area contributed by atoms with Crippen molar-refractivity contribution < 1.29 is 13.9 Å². The van der Waals surface area contributed by atoms with Crippen LogP contribution in [-0.2, 0) is 4.74 Å². The van der Waals surface area contributed by atoms with Gasteiger partial charge in [-0.1, -0.05) is 11.6 Å². The van der Waals surface area contributed by atoms with Crippen molar-refractivity contribution in [3.63, 3.8) is 0 Å². The lowest BCUT2D eigenvalue weighted by molar-refractivity contribution is 0.141. The fraction of sp³-hybridized carbons (Fsp3) is 0.318. The molecule has 1 aliphatic heterocycles. The number of halogens is 1. The van der Waals surface area contributed by atoms with E-state index in [0.717, 1.165) is 41.5 Å². The molecule has 2 heterocycles. The number of aryl methyl sites for hydroxylation is 1. The monoisotopic (exact) mass is 398 g/mol. The first kappa shape index (κ1) is 18.8. The number of nitrogens with zero attached hydrogens (tertiary/aromatic N) is 1. The molecular weight excluding hydrogens is 376 g/mol. The van der Waals surface area contributed by atoms with Crippen molar-refractivity contribution in [2.75, 3.05) is 18.5 Å². The second kappa shape index (κ2) is 8.25. The van der Waals surface area contributed by atoms with Crippen LogP contribution in [-0.4, -0.2) is 24.3 Å². The summed E-state index contributed by atoms with van der Waals surface area (Å²) in [4.78, 5) is 4.59. The van der Waals surface area contributed by atoms with E-state index in [-0.39, 0.29) is 12.1 Å². The molecule has 0 unspecified atom stereocenters. The van der Waals surface area contributed by atoms with Gasteiger partial charge in [0.1, 0.15) is 17.9 Å². The first-order valence-corrected chi connectivity index (χ1v) is 9.80. The predicted molar refractivity (Wildman–Crippen MR) is 110 cm³/mol. The predicted octanol–water partition coefficient (Wildman–Crippen LogP) is 5.64. The van der Waals surface area contributed by atoms with E-state index in [9.17, 15) is 0 Å². The average Bonchev–Trinajstić information content (AvgIpc) is 3.34. The van der Waals surface area contributed by atoms with Crippen LogP contribution in [0.3, 0.4) is 0 Å². The van der Waals surface area contributed by atoms with Crippen molar-refractivity contribution >= 4 is 17.3 Å². The molecule has 1 fully saturated rings. The van der Waals surface area contributed by atoms with Gasteiger partial charge in [-0.3, -0.25) is 0 Å². The average molecular weight is 399 g/mol. The SMILES string of the molecule is Cc1nc([C@@H](C)Nc2ccc(O[C@@H]3CCOC3)cc2)oc1-c1ccc(Cl)cc1. The third kappa shape index (κ3) is 4.32. The summed E-state index contributed by atoms with van der Waals surface area (Å²) in [6, 6.07) is 15.4. The Balaban J connectivity index is 1.42. The summed E-state index contributed by atoms with van der Waals surface area (Å²) in [6.07, 6.45) is 1.09. The highest BCUT2D eigenvalue weighted by Crippen LogP contribution is 2.29. The maximum Gasteiger partial charge on any atom is 0.217 e. The van der Waals surface area contributed by atoms with Gasteiger partial charge in [0, 0.05) is 22.7 Å². The number of nitrogens with one attached hydrogen (secondary N) is 1. The molecule has 4 rings (SSSR count). The fourth-order valence-corrected chi connectivity index (χ4v) is 3.34. The molecule has 1 N–H and O–H groups in total. The molecule has 0 aliphatic carbocycles. The fourth-order valence-electron chi connectivity index (χ4n) is 3.21. The van der Waals surface area contributed by atoms with Gasteiger partial charge < -0.3 is 19.2 Å². The molecule has 0 amide bonds. The van der Waals surface area contributed by atoms with Crippen LogP contribution >= 0.6 is 11.6 Å². The largest absolute Gasteiger partial charge is 0.488 e. The van der Waals surface area contributed by atoms with E-state index >= 15 is 0 Å². The molecule has 146 valence electrons. The minimum Gasteiger partial charge on any atom is -0.488 e. The van der Waals surface area contributed by atoms with Gasteiger partial charge in [0.15, 0.2) is 5.76 Å². The zero-order chi connectivity index (χ0) is 19.5. The van der Waals surface area contributed by atoms with Gasteiger partial charge in [0.2, 0.25) is 5.89 Å². The maximum absolute atomic E-state index is 6.03. The molecule has 0 saturated carbocycles. The van der Waals surface area contributed by atoms with Gasteiger partial charge in [-0.05, 0) is 62.4 Å². The van der Waals surface area contributed by atoms with Crippen molar-refractivity contribution in [3.05, 3.63) is 65.1 Å². The summed E-state index contributed by atoms with van der Waals surface area (Å²) >= 11 is 5.97. The third-order valence-corrected chi connectivity index (χ3v) is 4.97. The normalized spacial score (nSPS) is 17.5. The standard InChI is InChI=1S/C22H23ClN2O3/c1-14-21(16-3-5-17(23)6-4-16)28-22(25-14)15(2)24-18-7-9-19(10-8-18)27-20-11-12-26-13-20/h3-10,15,20,24H,11-13H2,1-2H3/t15-,20-/m1/s1. The van der Waals surface area contributed by atoms with E-state index in [1.54, 1.807) is 0 Å². The van der Waals surface area contributed by atoms with Crippen molar-refractivity contribution in [3.8, 4) is 17.1 Å². The van der Waals surface area contributed by atoms with Crippen molar-refractivity contribution in [1.29, 1.82) is 0 Å². The van der Waals surface area contributed by atoms with Gasteiger partial charge in [0.05, 0.1) is 18.9 Å². The van der Waals surface area contributed by atoms with Crippen molar-refractivity contribution in [1.82, 2.24) is 4.98 Å². The number of anilines is 1. The summed E-state index contributed by atoms with van der Waals surface area (Å²) in [5.41, 5.74) is 2.80. The van der Waals surface area contributed by atoms with Crippen molar-refractivity contribution in [2.24, 2.45) is 0 Å². The first-order valence-electron chi connectivity index (χ1n) is 9.43. The number of hydrogen-bond acceptors (Lipinski definition) is 5. The Hall–Kier alpha value is -2.50. The molecule has 1 saturated heterocycles. The van der Waals surface area contributed by atoms with Gasteiger partial charge in [-0.15, -0.1) is 0 Å². The molecule has 5 nitrogen and oxygen atoms in total. The second-order valence-electron chi connectivity index (χ2n) is 6.97. The molecule has 1 aromatic heterocycles. The van der Waals surface area contributed by atoms with Crippen LogP contribution in [0.25, 0.3) is 11.3 Å². The Morgan fingerprint density at radius 2 is 1.89 bits per heavy atom. The molecule has 0 spiro atoms. The number of hydrogen-bond donors (Lipinski definition) is 1. The van der Waals surface area contributed by atoms with Crippen LogP contribution in [0, 0.1) is 6.92 Å². The first-order chi connectivity index (χ1) is 13.6. The van der Waals surface area contributed by atoms with Gasteiger partial charge in [-0.25, -0.2) is 4.98 Å². The van der Waals surface area contributed by atoms with Crippen LogP contribution in [0.5, 0.6) is 5.75 Å². The zero-order valence-electron chi connectivity index (χ0n) is 15.9. The molecule has 0 radical (unpaired) electrons. The van der Waals surface area contributed by atoms with E-state index in [1.807, 2.05) is 62.4 Å². The van der Waals surface area contributed by atoms with E-state index < -0.39 is 0 Å². The Morgan fingerprint density at radius 3 is 2.57 bits per heavy atom.